The number of nitrogens with two attached hydrogens (primary N) is 2. The van der Waals surface area contributed by atoms with Crippen LogP contribution in [0.2, 0.25) is 0 Å². The van der Waals surface area contributed by atoms with Crippen molar-refractivity contribution in [2.75, 3.05) is 6.54 Å². The Kier molecular flexibility index (Phi) is 9.75. The first-order valence-electron chi connectivity index (χ1n) is 9.58. The third kappa shape index (κ3) is 6.66. The molecule has 0 heterocycles. The molecule has 0 aromatic heterocycles. The van der Waals surface area contributed by atoms with E-state index in [9.17, 15) is 19.5 Å². The number of hydrogen-bond donors (Lipinski definition) is 5. The summed E-state index contributed by atoms with van der Waals surface area (Å²) in [6.07, 6.45) is 4.49. The van der Waals surface area contributed by atoms with Crippen LogP contribution in [-0.4, -0.2) is 53.5 Å². The molecule has 0 bridgehead atoms. The van der Waals surface area contributed by atoms with Crippen LogP contribution in [0.25, 0.3) is 0 Å². The molecule has 1 aliphatic rings. The Bertz CT molecular complexity index is 478. The van der Waals surface area contributed by atoms with Crippen LogP contribution in [0.5, 0.6) is 0 Å². The van der Waals surface area contributed by atoms with E-state index in [-0.39, 0.29) is 24.7 Å². The third-order valence-corrected chi connectivity index (χ3v) is 5.03. The average Bonchev–Trinajstić information content (AvgIpc) is 2.64. The van der Waals surface area contributed by atoms with Crippen LogP contribution in [-0.2, 0) is 14.4 Å². The zero-order chi connectivity index (χ0) is 19.7. The van der Waals surface area contributed by atoms with E-state index in [1.54, 1.807) is 6.92 Å². The topological polar surface area (TPSA) is 148 Å². The van der Waals surface area contributed by atoms with Gasteiger partial charge in [0.15, 0.2) is 5.78 Å². The van der Waals surface area contributed by atoms with Gasteiger partial charge in [-0.05, 0) is 38.6 Å². The molecule has 150 valence electrons. The molecule has 4 atom stereocenters. The molecule has 1 unspecified atom stereocenters. The van der Waals surface area contributed by atoms with Crippen molar-refractivity contribution in [1.29, 1.82) is 0 Å². The number of hydrogen-bond acceptors (Lipinski definition) is 6. The Hall–Kier alpha value is -1.51. The van der Waals surface area contributed by atoms with Crippen molar-refractivity contribution in [3.63, 3.8) is 0 Å². The fourth-order valence-electron chi connectivity index (χ4n) is 3.35. The van der Waals surface area contributed by atoms with Crippen molar-refractivity contribution in [2.24, 2.45) is 17.4 Å². The fraction of sp³-hybridized carbons (Fsp3) is 0.833. The number of nitrogens with one attached hydrogen (secondary N) is 2. The van der Waals surface area contributed by atoms with Crippen molar-refractivity contribution in [3.05, 3.63) is 0 Å². The molecule has 7 N–H and O–H groups in total. The molecular formula is C18H34N4O4. The summed E-state index contributed by atoms with van der Waals surface area (Å²) in [5.41, 5.74) is 11.6. The molecule has 1 aliphatic carbocycles. The van der Waals surface area contributed by atoms with Gasteiger partial charge in [0, 0.05) is 6.42 Å². The number of carbonyl (C=O) groups excluding carboxylic acids is 3. The molecule has 0 aliphatic heterocycles. The minimum Gasteiger partial charge on any atom is -0.391 e. The highest BCUT2D eigenvalue weighted by Gasteiger charge is 2.32. The van der Waals surface area contributed by atoms with Crippen molar-refractivity contribution >= 4 is 17.6 Å². The molecule has 0 aromatic carbocycles. The fourth-order valence-corrected chi connectivity index (χ4v) is 3.35. The minimum absolute atomic E-state index is 0.0909. The molecule has 0 radical (unpaired) electrons. The van der Waals surface area contributed by atoms with E-state index in [1.165, 1.54) is 6.92 Å². The Morgan fingerprint density at radius 1 is 1.12 bits per heavy atom. The van der Waals surface area contributed by atoms with E-state index in [0.717, 1.165) is 32.1 Å². The van der Waals surface area contributed by atoms with Gasteiger partial charge in [0.05, 0.1) is 18.2 Å². The summed E-state index contributed by atoms with van der Waals surface area (Å²) in [6.45, 7) is 3.36. The van der Waals surface area contributed by atoms with Crippen molar-refractivity contribution in [1.82, 2.24) is 10.6 Å². The summed E-state index contributed by atoms with van der Waals surface area (Å²) in [7, 11) is 0. The first-order chi connectivity index (χ1) is 12.3. The highest BCUT2D eigenvalue weighted by molar-refractivity contribution is 5.93. The quantitative estimate of drug-likeness (QED) is 0.352. The van der Waals surface area contributed by atoms with E-state index in [4.69, 9.17) is 11.5 Å². The van der Waals surface area contributed by atoms with E-state index in [1.807, 2.05) is 0 Å². The largest absolute Gasteiger partial charge is 0.391 e. The summed E-state index contributed by atoms with van der Waals surface area (Å²) in [4.78, 5) is 36.9. The van der Waals surface area contributed by atoms with Gasteiger partial charge in [0.1, 0.15) is 6.04 Å². The second-order valence-corrected chi connectivity index (χ2v) is 7.11. The number of aliphatic hydroxyl groups excluding tert-OH is 1. The summed E-state index contributed by atoms with van der Waals surface area (Å²) >= 11 is 0. The molecule has 8 nitrogen and oxygen atoms in total. The molecule has 0 saturated heterocycles. The summed E-state index contributed by atoms with van der Waals surface area (Å²) in [6, 6.07) is -2.59. The molecule has 0 spiro atoms. The average molecular weight is 370 g/mol. The van der Waals surface area contributed by atoms with Gasteiger partial charge < -0.3 is 27.2 Å². The second-order valence-electron chi connectivity index (χ2n) is 7.11. The monoisotopic (exact) mass is 370 g/mol. The van der Waals surface area contributed by atoms with Crippen molar-refractivity contribution in [2.45, 2.75) is 83.0 Å². The first kappa shape index (κ1) is 22.5. The molecule has 0 aromatic rings. The number of aliphatic hydroxyl groups is 1. The van der Waals surface area contributed by atoms with Crippen LogP contribution in [0.3, 0.4) is 0 Å². The minimum atomic E-state index is -1.16. The van der Waals surface area contributed by atoms with E-state index >= 15 is 0 Å². The van der Waals surface area contributed by atoms with E-state index < -0.39 is 36.0 Å². The van der Waals surface area contributed by atoms with Gasteiger partial charge in [-0.1, -0.05) is 26.2 Å². The molecule has 1 rings (SSSR count). The number of Topliss-reactive ketones (excluding diaryl/α,β-unsaturated/α-hetero) is 1. The molecule has 8 heteroatoms. The Balaban J connectivity index is 2.72. The van der Waals surface area contributed by atoms with Gasteiger partial charge in [-0.25, -0.2) is 0 Å². The smallest absolute Gasteiger partial charge is 0.245 e. The van der Waals surface area contributed by atoms with Crippen LogP contribution < -0.4 is 22.1 Å². The highest BCUT2D eigenvalue weighted by atomic mass is 16.3. The normalized spacial score (nSPS) is 19.9. The van der Waals surface area contributed by atoms with Crippen molar-refractivity contribution < 1.29 is 19.5 Å². The third-order valence-electron chi connectivity index (χ3n) is 5.03. The number of rotatable bonds is 10. The number of ketones is 1. The summed E-state index contributed by atoms with van der Waals surface area (Å²) in [5.74, 6) is -1.11. The van der Waals surface area contributed by atoms with E-state index in [2.05, 4.69) is 10.6 Å². The van der Waals surface area contributed by atoms with Crippen LogP contribution >= 0.6 is 0 Å². The lowest BCUT2D eigenvalue weighted by Crippen LogP contribution is -2.59. The number of carbonyl (C=O) groups is 3. The molecule has 1 saturated carbocycles. The number of amides is 2. The Labute approximate surface area is 155 Å². The van der Waals surface area contributed by atoms with Gasteiger partial charge in [-0.15, -0.1) is 0 Å². The zero-order valence-electron chi connectivity index (χ0n) is 15.9. The maximum Gasteiger partial charge on any atom is 0.245 e. The van der Waals surface area contributed by atoms with Crippen LogP contribution in [0, 0.1) is 5.92 Å². The predicted octanol–water partition coefficient (Wildman–Crippen LogP) is -0.428. The molecule has 26 heavy (non-hydrogen) atoms. The lowest BCUT2D eigenvalue weighted by molar-refractivity contribution is -0.134. The zero-order valence-corrected chi connectivity index (χ0v) is 15.9. The molecular weight excluding hydrogens is 336 g/mol. The predicted molar refractivity (Wildman–Crippen MR) is 99.1 cm³/mol. The molecule has 1 fully saturated rings. The Morgan fingerprint density at radius 2 is 1.73 bits per heavy atom. The first-order valence-corrected chi connectivity index (χ1v) is 9.58. The lowest BCUT2D eigenvalue weighted by Gasteiger charge is -2.29. The Morgan fingerprint density at radius 3 is 2.23 bits per heavy atom. The molecule has 2 amide bonds. The standard InChI is InChI=1S/C18H34N4O4/c1-3-14(24)13(9-10-19)21-18(26)16(11(2)23)22-17(25)15(20)12-7-5-4-6-8-12/h11-13,15-16,23H,3-10,19-20H2,1-2H3,(H,21,26)(H,22,25)/t11?,13-,15+,16-/m0/s1. The lowest BCUT2D eigenvalue weighted by atomic mass is 9.84. The summed E-state index contributed by atoms with van der Waals surface area (Å²) in [5, 5.41) is 15.1. The van der Waals surface area contributed by atoms with Crippen molar-refractivity contribution in [3.8, 4) is 0 Å². The SMILES string of the molecule is CCC(=O)[C@H](CCN)NC(=O)[C@@H](NC(=O)[C@H](N)C1CCCCC1)C(C)O. The highest BCUT2D eigenvalue weighted by Crippen LogP contribution is 2.25. The summed E-state index contributed by atoms with van der Waals surface area (Å²) < 4.78 is 0. The maximum atomic E-state index is 12.5. The maximum absolute atomic E-state index is 12.5. The van der Waals surface area contributed by atoms with Gasteiger partial charge in [-0.3, -0.25) is 14.4 Å². The van der Waals surface area contributed by atoms with Crippen LogP contribution in [0.15, 0.2) is 0 Å². The van der Waals surface area contributed by atoms with Crippen LogP contribution in [0.4, 0.5) is 0 Å². The van der Waals surface area contributed by atoms with Gasteiger partial charge in [-0.2, -0.15) is 0 Å². The van der Waals surface area contributed by atoms with Gasteiger partial charge >= 0.3 is 0 Å². The van der Waals surface area contributed by atoms with Gasteiger partial charge in [0.2, 0.25) is 11.8 Å². The second kappa shape index (κ2) is 11.3. The van der Waals surface area contributed by atoms with Crippen LogP contribution in [0.1, 0.15) is 58.8 Å². The van der Waals surface area contributed by atoms with E-state index in [0.29, 0.717) is 6.42 Å². The van der Waals surface area contributed by atoms with Gasteiger partial charge in [0.25, 0.3) is 0 Å².